The van der Waals surface area contributed by atoms with Crippen molar-refractivity contribution < 1.29 is 4.74 Å². The highest BCUT2D eigenvalue weighted by Crippen LogP contribution is 2.58. The number of hydrogen-bond donors (Lipinski definition) is 0. The Bertz CT molecular complexity index is 916. The molecule has 1 heterocycles. The van der Waals surface area contributed by atoms with E-state index in [1.54, 1.807) is 18.9 Å². The van der Waals surface area contributed by atoms with Crippen LogP contribution in [0.4, 0.5) is 0 Å². The predicted molar refractivity (Wildman–Crippen MR) is 150 cm³/mol. The zero-order valence-electron chi connectivity index (χ0n) is 20.3. The van der Waals surface area contributed by atoms with Crippen molar-refractivity contribution >= 4 is 36.0 Å². The Morgan fingerprint density at radius 2 is 1.60 bits per heavy atom. The second-order valence-corrected chi connectivity index (χ2v) is 11.7. The highest BCUT2D eigenvalue weighted by Gasteiger charge is 2.45. The number of ether oxygens (including phenoxy) is 1. The lowest BCUT2D eigenvalue weighted by molar-refractivity contribution is 0.118. The molecule has 10 radical (unpaired) electrons. The fourth-order valence-corrected chi connectivity index (χ4v) is 7.91. The molecule has 1 saturated heterocycles. The van der Waals surface area contributed by atoms with E-state index in [2.05, 4.69) is 110 Å². The third-order valence-corrected chi connectivity index (χ3v) is 9.80. The second kappa shape index (κ2) is 12.3. The van der Waals surface area contributed by atoms with Crippen LogP contribution in [0.1, 0.15) is 12.8 Å². The molecular weight excluding hydrogens is 467 g/mol. The first-order valence-electron chi connectivity index (χ1n) is 12.1. The number of hydrogen-bond acceptors (Lipinski definition) is 4. The first kappa shape index (κ1) is 25.3. The van der Waals surface area contributed by atoms with Gasteiger partial charge in [0.1, 0.15) is 0 Å². The van der Waals surface area contributed by atoms with Gasteiger partial charge in [-0.15, -0.1) is 0 Å². The third kappa shape index (κ3) is 5.65. The van der Waals surface area contributed by atoms with E-state index in [-0.39, 0.29) is 0 Å². The average molecular weight is 499 g/mol. The van der Waals surface area contributed by atoms with E-state index in [1.807, 2.05) is 0 Å². The van der Waals surface area contributed by atoms with Gasteiger partial charge in [0.2, 0.25) is 0 Å². The van der Waals surface area contributed by atoms with Crippen molar-refractivity contribution in [2.75, 3.05) is 26.5 Å². The van der Waals surface area contributed by atoms with Gasteiger partial charge in [-0.3, -0.25) is 5.01 Å². The molecule has 1 aliphatic heterocycles. The van der Waals surface area contributed by atoms with Crippen molar-refractivity contribution in [2.24, 2.45) is 5.10 Å². The molecule has 2 aliphatic carbocycles. The van der Waals surface area contributed by atoms with Gasteiger partial charge in [-0.05, 0) is 76.2 Å². The van der Waals surface area contributed by atoms with Crippen molar-refractivity contribution in [2.45, 2.75) is 18.9 Å². The zero-order valence-corrected chi connectivity index (χ0v) is 22.0. The van der Waals surface area contributed by atoms with E-state index >= 15 is 0 Å². The molecular formula is C30H31N2OPS. The van der Waals surface area contributed by atoms with Crippen LogP contribution in [-0.4, -0.2) is 43.3 Å². The Hall–Kier alpha value is -1.35. The van der Waals surface area contributed by atoms with Gasteiger partial charge in [0.05, 0.1) is 18.4 Å². The summed E-state index contributed by atoms with van der Waals surface area (Å²) in [4.78, 5) is 0. The minimum Gasteiger partial charge on any atom is -0.382 e. The average Bonchev–Trinajstić information content (AvgIpc) is 3.66. The van der Waals surface area contributed by atoms with Gasteiger partial charge in [0.25, 0.3) is 0 Å². The molecule has 1 atom stereocenters. The van der Waals surface area contributed by atoms with Gasteiger partial charge in [-0.25, -0.2) is 0 Å². The molecule has 5 heteroatoms. The first-order valence-corrected chi connectivity index (χ1v) is 14.7. The fourth-order valence-electron chi connectivity index (χ4n) is 4.86. The van der Waals surface area contributed by atoms with Crippen LogP contribution in [0.3, 0.4) is 0 Å². The van der Waals surface area contributed by atoms with Gasteiger partial charge in [-0.2, -0.15) is 16.9 Å². The van der Waals surface area contributed by atoms with Gasteiger partial charge in [-0.1, -0.05) is 60.7 Å². The van der Waals surface area contributed by atoms with Crippen LogP contribution in [0.25, 0.3) is 0 Å². The van der Waals surface area contributed by atoms with E-state index in [0.29, 0.717) is 12.6 Å². The quantitative estimate of drug-likeness (QED) is 0.341. The SMILES string of the molecule is COC[C@@H]1CCCN1/N=C(\[C]1[CH][CH][CH][C]1SC)[C]1[CH][CH][CH][C]1P(c1ccccc1)c1ccccc1. The fraction of sp³-hybridized carbons (Fsp3) is 0.233. The molecule has 3 aliphatic rings. The summed E-state index contributed by atoms with van der Waals surface area (Å²) in [6.45, 7) is 1.68. The van der Waals surface area contributed by atoms with E-state index in [4.69, 9.17) is 9.84 Å². The van der Waals surface area contributed by atoms with E-state index in [9.17, 15) is 0 Å². The third-order valence-electron chi connectivity index (χ3n) is 6.50. The Morgan fingerprint density at radius 3 is 2.26 bits per heavy atom. The summed E-state index contributed by atoms with van der Waals surface area (Å²) in [5, 5.41) is 11.6. The summed E-state index contributed by atoms with van der Waals surface area (Å²) < 4.78 is 5.53. The highest BCUT2D eigenvalue weighted by atomic mass is 32.2. The molecule has 0 amide bonds. The van der Waals surface area contributed by atoms with Crippen molar-refractivity contribution in [3.63, 3.8) is 0 Å². The lowest BCUT2D eigenvalue weighted by Gasteiger charge is -2.33. The summed E-state index contributed by atoms with van der Waals surface area (Å²) in [5.41, 5.74) is 2.42. The molecule has 3 fully saturated rings. The summed E-state index contributed by atoms with van der Waals surface area (Å²) >= 11 is 1.78. The molecule has 5 rings (SSSR count). The summed E-state index contributed by atoms with van der Waals surface area (Å²) in [6, 6.07) is 22.1. The molecule has 3 nitrogen and oxygen atoms in total. The first-order chi connectivity index (χ1) is 17.3. The number of thioether (sulfide) groups is 1. The van der Waals surface area contributed by atoms with Crippen LogP contribution in [0.2, 0.25) is 0 Å². The van der Waals surface area contributed by atoms with E-state index < -0.39 is 7.92 Å². The highest BCUT2D eigenvalue weighted by molar-refractivity contribution is 8.01. The van der Waals surface area contributed by atoms with Gasteiger partial charge >= 0.3 is 0 Å². The standard InChI is InChI=1S/C30H31N2OPS/c1-33-22-23-12-11-21-32(23)31-30(27-18-10-20-29(27)35-2)26-17-9-19-28(26)34(24-13-5-3-6-14-24)25-15-7-4-8-16-25/h3-10,13-20,23H,11-12,21-22H2,1-2H3/b31-30-/t23-/m0/s1. The minimum atomic E-state index is -0.719. The Kier molecular flexibility index (Phi) is 8.86. The lowest BCUT2D eigenvalue weighted by Crippen LogP contribution is -2.34. The minimum absolute atomic E-state index is 0.325. The number of benzene rings is 2. The number of methoxy groups -OCH3 is 1. The summed E-state index contributed by atoms with van der Waals surface area (Å²) in [6.07, 6.45) is 17.7. The monoisotopic (exact) mass is 498 g/mol. The maximum Gasteiger partial charge on any atom is 0.0704 e. The molecule has 0 unspecified atom stereocenters. The lowest BCUT2D eigenvalue weighted by atomic mass is 9.89. The van der Waals surface area contributed by atoms with Crippen molar-refractivity contribution in [1.82, 2.24) is 5.01 Å². The summed E-state index contributed by atoms with van der Waals surface area (Å²) in [7, 11) is 1.07. The molecule has 35 heavy (non-hydrogen) atoms. The zero-order chi connectivity index (χ0) is 24.0. The van der Waals surface area contributed by atoms with Crippen LogP contribution in [0, 0.1) is 61.3 Å². The maximum absolute atomic E-state index is 5.53. The maximum atomic E-state index is 5.53. The van der Waals surface area contributed by atoms with Crippen LogP contribution in [0.5, 0.6) is 0 Å². The molecule has 2 aromatic carbocycles. The normalized spacial score (nSPS) is 23.2. The van der Waals surface area contributed by atoms with Crippen molar-refractivity contribution in [3.8, 4) is 0 Å². The second-order valence-electron chi connectivity index (χ2n) is 8.70. The van der Waals surface area contributed by atoms with E-state index in [1.165, 1.54) is 33.4 Å². The van der Waals surface area contributed by atoms with Crippen molar-refractivity contribution in [3.05, 3.63) is 122 Å². The van der Waals surface area contributed by atoms with Crippen molar-refractivity contribution in [1.29, 1.82) is 0 Å². The predicted octanol–water partition coefficient (Wildman–Crippen LogP) is 5.42. The number of hydrazone groups is 1. The van der Waals surface area contributed by atoms with Gasteiger partial charge in [0, 0.05) is 36.4 Å². The van der Waals surface area contributed by atoms with E-state index in [0.717, 1.165) is 25.1 Å². The topological polar surface area (TPSA) is 24.8 Å². The largest absolute Gasteiger partial charge is 0.382 e. The number of rotatable bonds is 9. The smallest absolute Gasteiger partial charge is 0.0704 e. The molecule has 2 saturated carbocycles. The van der Waals surface area contributed by atoms with Crippen LogP contribution >= 0.6 is 19.7 Å². The molecule has 0 N–H and O–H groups in total. The molecule has 0 spiro atoms. The Balaban J connectivity index is 1.54. The van der Waals surface area contributed by atoms with Crippen LogP contribution < -0.4 is 10.6 Å². The van der Waals surface area contributed by atoms with Gasteiger partial charge < -0.3 is 4.74 Å². The van der Waals surface area contributed by atoms with Gasteiger partial charge in [0.15, 0.2) is 0 Å². The molecule has 0 bridgehead atoms. The molecule has 0 aromatic heterocycles. The number of nitrogens with zero attached hydrogens (tertiary/aromatic N) is 2. The Morgan fingerprint density at radius 1 is 0.943 bits per heavy atom. The Labute approximate surface area is 217 Å². The molecule has 178 valence electrons. The molecule has 2 aromatic rings. The van der Waals surface area contributed by atoms with Crippen LogP contribution in [-0.2, 0) is 4.74 Å². The summed E-state index contributed by atoms with van der Waals surface area (Å²) in [5.74, 6) is 2.44. The van der Waals surface area contributed by atoms with Crippen LogP contribution in [0.15, 0.2) is 65.8 Å².